The third kappa shape index (κ3) is 2.79. The van der Waals surface area contributed by atoms with Gasteiger partial charge in [0.05, 0.1) is 16.9 Å². The van der Waals surface area contributed by atoms with Gasteiger partial charge in [0.25, 0.3) is 12.3 Å². The van der Waals surface area contributed by atoms with Crippen molar-refractivity contribution in [1.82, 2.24) is 14.8 Å². The van der Waals surface area contributed by atoms with E-state index in [9.17, 15) is 28.8 Å². The first kappa shape index (κ1) is 16.9. The van der Waals surface area contributed by atoms with Crippen LogP contribution in [0.4, 0.5) is 14.6 Å². The highest BCUT2D eigenvalue weighted by Gasteiger charge is 2.52. The SMILES string of the molecule is CC1=NN(C(=O)[C@H](C)n2nc([N+](=O)[O-])cc2C)[C@@](O)(C(F)F)C1. The molecule has 1 aromatic heterocycles. The lowest BCUT2D eigenvalue weighted by Crippen LogP contribution is -2.53. The van der Waals surface area contributed by atoms with Gasteiger partial charge in [-0.15, -0.1) is 0 Å². The minimum absolute atomic E-state index is 0.177. The summed E-state index contributed by atoms with van der Waals surface area (Å²) < 4.78 is 27.3. The second-order valence-electron chi connectivity index (χ2n) is 5.36. The highest BCUT2D eigenvalue weighted by atomic mass is 19.3. The van der Waals surface area contributed by atoms with E-state index >= 15 is 0 Å². The summed E-state index contributed by atoms with van der Waals surface area (Å²) in [6, 6.07) is 0.00493. The fourth-order valence-electron chi connectivity index (χ4n) is 2.39. The number of carbonyl (C=O) groups excluding carboxylic acids is 1. The highest BCUT2D eigenvalue weighted by molar-refractivity contribution is 5.90. The monoisotopic (exact) mass is 331 g/mol. The predicted octanol–water partition coefficient (Wildman–Crippen LogP) is 1.22. The van der Waals surface area contributed by atoms with Gasteiger partial charge in [-0.3, -0.25) is 4.79 Å². The van der Waals surface area contributed by atoms with E-state index in [0.717, 1.165) is 10.7 Å². The Hall–Kier alpha value is -2.43. The largest absolute Gasteiger partial charge is 0.390 e. The molecule has 2 rings (SSSR count). The molecule has 0 bridgehead atoms. The Morgan fingerprint density at radius 3 is 2.61 bits per heavy atom. The van der Waals surface area contributed by atoms with E-state index in [-0.39, 0.29) is 5.71 Å². The average molecular weight is 331 g/mol. The molecule has 1 aromatic rings. The van der Waals surface area contributed by atoms with Gasteiger partial charge in [-0.05, 0) is 25.7 Å². The van der Waals surface area contributed by atoms with E-state index in [0.29, 0.717) is 10.7 Å². The number of aromatic nitrogens is 2. The molecule has 11 heteroatoms. The minimum atomic E-state index is -3.21. The summed E-state index contributed by atoms with van der Waals surface area (Å²) in [5.74, 6) is -1.40. The fourth-order valence-corrected chi connectivity index (χ4v) is 2.39. The summed E-state index contributed by atoms with van der Waals surface area (Å²) in [5.41, 5.74) is -2.24. The number of aryl methyl sites for hydroxylation is 1. The van der Waals surface area contributed by atoms with Crippen LogP contribution in [0.25, 0.3) is 0 Å². The Kier molecular flexibility index (Phi) is 4.16. The zero-order valence-electron chi connectivity index (χ0n) is 12.6. The third-order valence-electron chi connectivity index (χ3n) is 3.53. The van der Waals surface area contributed by atoms with Crippen LogP contribution >= 0.6 is 0 Å². The van der Waals surface area contributed by atoms with Gasteiger partial charge in [-0.25, -0.2) is 8.78 Å². The standard InChI is InChI=1S/C12H15F2N5O4/c1-6-5-12(21,11(13)14)18(15-6)10(20)8(3)17-7(2)4-9(16-17)19(22)23/h4,8,11,21H,5H2,1-3H3/t8-,12-/m0/s1. The second kappa shape index (κ2) is 5.65. The number of alkyl halides is 2. The number of nitro groups is 1. The Morgan fingerprint density at radius 1 is 1.52 bits per heavy atom. The lowest BCUT2D eigenvalue weighted by molar-refractivity contribution is -0.389. The van der Waals surface area contributed by atoms with Gasteiger partial charge in [0.1, 0.15) is 0 Å². The van der Waals surface area contributed by atoms with Crippen molar-refractivity contribution in [3.63, 3.8) is 0 Å². The smallest absolute Gasteiger partial charge is 0.364 e. The van der Waals surface area contributed by atoms with Crippen molar-refractivity contribution in [3.8, 4) is 0 Å². The van der Waals surface area contributed by atoms with Crippen LogP contribution < -0.4 is 0 Å². The topological polar surface area (TPSA) is 114 Å². The quantitative estimate of drug-likeness (QED) is 0.658. The molecule has 0 saturated carbocycles. The fraction of sp³-hybridized carbons (Fsp3) is 0.583. The minimum Gasteiger partial charge on any atom is -0.364 e. The molecule has 23 heavy (non-hydrogen) atoms. The maximum Gasteiger partial charge on any atom is 0.390 e. The molecular formula is C12H15F2N5O4. The molecule has 0 aliphatic carbocycles. The summed E-state index contributed by atoms with van der Waals surface area (Å²) in [6.45, 7) is 4.23. The number of hydrazone groups is 1. The van der Waals surface area contributed by atoms with E-state index in [1.807, 2.05) is 0 Å². The predicted molar refractivity (Wildman–Crippen MR) is 73.9 cm³/mol. The Balaban J connectivity index is 2.34. The third-order valence-corrected chi connectivity index (χ3v) is 3.53. The average Bonchev–Trinajstić information content (AvgIpc) is 2.98. The van der Waals surface area contributed by atoms with Crippen LogP contribution in [0.15, 0.2) is 11.2 Å². The molecular weight excluding hydrogens is 316 g/mol. The number of hydrogen-bond acceptors (Lipinski definition) is 6. The van der Waals surface area contributed by atoms with Crippen molar-refractivity contribution in [3.05, 3.63) is 21.9 Å². The van der Waals surface area contributed by atoms with Crippen molar-refractivity contribution in [2.45, 2.75) is 45.4 Å². The molecule has 1 amide bonds. The molecule has 1 aliphatic rings. The molecule has 0 aromatic carbocycles. The first-order valence-electron chi connectivity index (χ1n) is 6.67. The number of hydrogen-bond donors (Lipinski definition) is 1. The van der Waals surface area contributed by atoms with Crippen molar-refractivity contribution in [2.75, 3.05) is 0 Å². The molecule has 126 valence electrons. The summed E-state index contributed by atoms with van der Waals surface area (Å²) >= 11 is 0. The normalized spacial score (nSPS) is 22.4. The van der Waals surface area contributed by atoms with Gasteiger partial charge in [-0.2, -0.15) is 14.8 Å². The van der Waals surface area contributed by atoms with Crippen LogP contribution in [0.3, 0.4) is 0 Å². The van der Waals surface area contributed by atoms with Crippen LogP contribution in [-0.2, 0) is 4.79 Å². The first-order chi connectivity index (χ1) is 10.6. The maximum absolute atomic E-state index is 13.1. The molecule has 0 spiro atoms. The molecule has 2 atom stereocenters. The van der Waals surface area contributed by atoms with Gasteiger partial charge >= 0.3 is 5.82 Å². The van der Waals surface area contributed by atoms with Gasteiger partial charge in [0, 0.05) is 12.1 Å². The number of amides is 1. The summed E-state index contributed by atoms with van der Waals surface area (Å²) in [7, 11) is 0. The number of rotatable bonds is 4. The van der Waals surface area contributed by atoms with E-state index in [4.69, 9.17) is 0 Å². The summed E-state index contributed by atoms with van der Waals surface area (Å²) in [5, 5.41) is 28.4. The van der Waals surface area contributed by atoms with Crippen LogP contribution in [0.2, 0.25) is 0 Å². The van der Waals surface area contributed by atoms with Crippen LogP contribution in [0.5, 0.6) is 0 Å². The lowest BCUT2D eigenvalue weighted by atomic mass is 10.1. The Labute approximate surface area is 129 Å². The summed E-state index contributed by atoms with van der Waals surface area (Å²) in [4.78, 5) is 22.4. The van der Waals surface area contributed by atoms with Gasteiger partial charge in [0.15, 0.2) is 6.04 Å². The van der Waals surface area contributed by atoms with Crippen LogP contribution in [0, 0.1) is 17.0 Å². The van der Waals surface area contributed by atoms with E-state index < -0.39 is 41.3 Å². The molecule has 1 N–H and O–H groups in total. The van der Waals surface area contributed by atoms with E-state index in [2.05, 4.69) is 10.2 Å². The zero-order valence-corrected chi connectivity index (χ0v) is 12.6. The number of carbonyl (C=O) groups is 1. The zero-order chi connectivity index (χ0) is 17.5. The van der Waals surface area contributed by atoms with Gasteiger partial charge < -0.3 is 15.2 Å². The van der Waals surface area contributed by atoms with Crippen molar-refractivity contribution in [1.29, 1.82) is 0 Å². The maximum atomic E-state index is 13.1. The van der Waals surface area contributed by atoms with Crippen molar-refractivity contribution < 1.29 is 23.6 Å². The van der Waals surface area contributed by atoms with E-state index in [1.165, 1.54) is 20.8 Å². The highest BCUT2D eigenvalue weighted by Crippen LogP contribution is 2.33. The Bertz CT molecular complexity index is 689. The lowest BCUT2D eigenvalue weighted by Gasteiger charge is -2.31. The van der Waals surface area contributed by atoms with Crippen LogP contribution in [0.1, 0.15) is 32.0 Å². The Morgan fingerprint density at radius 2 is 2.13 bits per heavy atom. The molecule has 0 unspecified atom stereocenters. The number of halogens is 2. The van der Waals surface area contributed by atoms with Crippen molar-refractivity contribution in [2.24, 2.45) is 5.10 Å². The number of nitrogens with zero attached hydrogens (tertiary/aromatic N) is 5. The molecule has 0 radical (unpaired) electrons. The molecule has 2 heterocycles. The van der Waals surface area contributed by atoms with Crippen molar-refractivity contribution >= 4 is 17.4 Å². The van der Waals surface area contributed by atoms with E-state index in [1.54, 1.807) is 0 Å². The van der Waals surface area contributed by atoms with Gasteiger partial charge in [-0.1, -0.05) is 0 Å². The number of aliphatic hydroxyl groups is 1. The van der Waals surface area contributed by atoms with Gasteiger partial charge in [0.2, 0.25) is 5.72 Å². The van der Waals surface area contributed by atoms with Crippen LogP contribution in [-0.4, -0.2) is 48.6 Å². The molecule has 9 nitrogen and oxygen atoms in total. The second-order valence-corrected chi connectivity index (χ2v) is 5.36. The first-order valence-corrected chi connectivity index (χ1v) is 6.67. The summed E-state index contributed by atoms with van der Waals surface area (Å²) in [6.07, 6.45) is -3.69. The molecule has 0 saturated heterocycles. The molecule has 0 fully saturated rings. The molecule has 1 aliphatic heterocycles.